The zero-order valence-electron chi connectivity index (χ0n) is 21.8. The van der Waals surface area contributed by atoms with Crippen molar-refractivity contribution in [2.45, 2.75) is 38.3 Å². The molecule has 0 bridgehead atoms. The minimum absolute atomic E-state index is 0.0319. The van der Waals surface area contributed by atoms with E-state index in [1.165, 1.54) is 5.56 Å². The maximum Gasteiger partial charge on any atom is 0.172 e. The van der Waals surface area contributed by atoms with Crippen LogP contribution in [0.5, 0.6) is 0 Å². The fourth-order valence-corrected chi connectivity index (χ4v) is 5.82. The molecule has 3 aromatic heterocycles. The van der Waals surface area contributed by atoms with E-state index in [1.54, 1.807) is 31.8 Å². The number of aldehydes is 1. The van der Waals surface area contributed by atoms with E-state index in [-0.39, 0.29) is 11.7 Å². The van der Waals surface area contributed by atoms with Gasteiger partial charge >= 0.3 is 0 Å². The van der Waals surface area contributed by atoms with Gasteiger partial charge in [-0.1, -0.05) is 47.7 Å². The van der Waals surface area contributed by atoms with Gasteiger partial charge < -0.3 is 14.4 Å². The van der Waals surface area contributed by atoms with E-state index in [2.05, 4.69) is 57.3 Å². The van der Waals surface area contributed by atoms with Crippen LogP contribution in [0.25, 0.3) is 33.2 Å². The number of carbonyl (C=O) groups is 1. The number of aryl methyl sites for hydroxylation is 1. The Kier molecular flexibility index (Phi) is 6.08. The average molecular weight is 510 g/mol. The van der Waals surface area contributed by atoms with E-state index in [9.17, 15) is 9.90 Å². The summed E-state index contributed by atoms with van der Waals surface area (Å²) < 4.78 is 9.74. The first-order valence-electron chi connectivity index (χ1n) is 13.0. The van der Waals surface area contributed by atoms with Crippen LogP contribution >= 0.6 is 0 Å². The van der Waals surface area contributed by atoms with Crippen molar-refractivity contribution in [3.63, 3.8) is 0 Å². The molecule has 1 N–H and O–H groups in total. The lowest BCUT2D eigenvalue weighted by Gasteiger charge is -2.33. The molecule has 4 heterocycles. The van der Waals surface area contributed by atoms with E-state index in [0.717, 1.165) is 65.4 Å². The summed E-state index contributed by atoms with van der Waals surface area (Å²) >= 11 is 0. The maximum atomic E-state index is 11.7. The van der Waals surface area contributed by atoms with Crippen LogP contribution in [0, 0.1) is 5.92 Å². The smallest absolute Gasteiger partial charge is 0.172 e. The first-order valence-corrected chi connectivity index (χ1v) is 13.0. The lowest BCUT2D eigenvalue weighted by molar-refractivity contribution is 0.0552. The van der Waals surface area contributed by atoms with Gasteiger partial charge in [-0.25, -0.2) is 4.68 Å². The number of pyridine rings is 1. The third-order valence-corrected chi connectivity index (χ3v) is 7.72. The first-order chi connectivity index (χ1) is 18.4. The summed E-state index contributed by atoms with van der Waals surface area (Å²) in [6, 6.07) is 18.8. The number of carbonyl (C=O) groups excluding carboxylic acids is 1. The molecule has 8 heteroatoms. The number of hydrogen-bond acceptors (Lipinski definition) is 6. The highest BCUT2D eigenvalue weighted by Crippen LogP contribution is 2.42. The van der Waals surface area contributed by atoms with E-state index >= 15 is 0 Å². The van der Waals surface area contributed by atoms with Gasteiger partial charge in [-0.3, -0.25) is 9.78 Å². The number of ether oxygens (including phenoxy) is 1. The van der Waals surface area contributed by atoms with E-state index in [0.29, 0.717) is 11.6 Å². The van der Waals surface area contributed by atoms with Crippen molar-refractivity contribution in [3.8, 4) is 11.3 Å². The van der Waals surface area contributed by atoms with Crippen molar-refractivity contribution in [2.24, 2.45) is 13.0 Å². The number of nitrogens with zero attached hydrogens (tertiary/aromatic N) is 5. The van der Waals surface area contributed by atoms with Crippen molar-refractivity contribution in [3.05, 3.63) is 77.6 Å². The molecule has 1 saturated heterocycles. The van der Waals surface area contributed by atoms with Gasteiger partial charge in [0.05, 0.1) is 28.2 Å². The topological polar surface area (TPSA) is 95.1 Å². The van der Waals surface area contributed by atoms with Gasteiger partial charge in [-0.2, -0.15) is 0 Å². The molecule has 1 fully saturated rings. The monoisotopic (exact) mass is 509 g/mol. The van der Waals surface area contributed by atoms with Crippen molar-refractivity contribution < 1.29 is 14.6 Å². The molecule has 1 aliphatic rings. The minimum atomic E-state index is -0.992. The first kappa shape index (κ1) is 24.5. The fraction of sp³-hybridized carbons (Fsp3) is 0.333. The van der Waals surface area contributed by atoms with Gasteiger partial charge in [-0.15, -0.1) is 5.10 Å². The summed E-state index contributed by atoms with van der Waals surface area (Å²) in [6.07, 6.45) is 4.40. The summed E-state index contributed by atoms with van der Waals surface area (Å²) in [5, 5.41) is 20.0. The average Bonchev–Trinajstić information content (AvgIpc) is 3.46. The van der Waals surface area contributed by atoms with Crippen molar-refractivity contribution >= 4 is 28.2 Å². The Hall–Kier alpha value is -3.88. The second kappa shape index (κ2) is 9.45. The third kappa shape index (κ3) is 4.10. The zero-order chi connectivity index (χ0) is 26.4. The summed E-state index contributed by atoms with van der Waals surface area (Å²) in [6.45, 7) is 5.07. The molecule has 0 spiro atoms. The van der Waals surface area contributed by atoms with Crippen LogP contribution in [0.1, 0.15) is 54.3 Å². The number of hydrogen-bond donors (Lipinski definition) is 1. The summed E-state index contributed by atoms with van der Waals surface area (Å²) in [7, 11) is 1.78. The molecule has 0 amide bonds. The maximum absolute atomic E-state index is 11.7. The molecule has 5 aromatic rings. The number of benzene rings is 2. The van der Waals surface area contributed by atoms with Crippen LogP contribution in [-0.2, 0) is 17.4 Å². The molecule has 1 atom stereocenters. The molecule has 38 heavy (non-hydrogen) atoms. The Morgan fingerprint density at radius 1 is 1.08 bits per heavy atom. The quantitative estimate of drug-likeness (QED) is 0.322. The molecule has 0 aliphatic carbocycles. The SMILES string of the molecule is Cn1nnc(C=O)c1-c1cnc2c3ccc(C(C)(C)O)cc3n(C(c3ccccc3)C3CCOCC3)c2c1. The Balaban J connectivity index is 1.69. The normalized spacial score (nSPS) is 15.8. The number of rotatable bonds is 6. The second-order valence-corrected chi connectivity index (χ2v) is 10.6. The third-order valence-electron chi connectivity index (χ3n) is 7.72. The van der Waals surface area contributed by atoms with Crippen LogP contribution in [0.3, 0.4) is 0 Å². The predicted octanol–water partition coefficient (Wildman–Crippen LogP) is 5.04. The molecule has 0 saturated carbocycles. The standard InChI is InChI=1S/C30H31N5O3/c1-30(2,37)22-9-10-23-25(16-22)35(28(19-7-5-4-6-8-19)20-11-13-38-14-12-20)26-15-21(17-31-27(23)26)29-24(18-36)32-33-34(29)3/h4-10,15-18,20,28,37H,11-14H2,1-3H3. The zero-order valence-corrected chi connectivity index (χ0v) is 21.8. The highest BCUT2D eigenvalue weighted by Gasteiger charge is 2.31. The van der Waals surface area contributed by atoms with E-state index < -0.39 is 5.60 Å². The molecule has 1 aliphatic heterocycles. The van der Waals surface area contributed by atoms with Crippen LogP contribution in [0.15, 0.2) is 60.8 Å². The van der Waals surface area contributed by atoms with Crippen molar-refractivity contribution in [2.75, 3.05) is 13.2 Å². The van der Waals surface area contributed by atoms with Crippen molar-refractivity contribution in [1.29, 1.82) is 0 Å². The van der Waals surface area contributed by atoms with Crippen LogP contribution in [-0.4, -0.2) is 49.2 Å². The predicted molar refractivity (Wildman–Crippen MR) is 146 cm³/mol. The lowest BCUT2D eigenvalue weighted by atomic mass is 9.86. The summed E-state index contributed by atoms with van der Waals surface area (Å²) in [4.78, 5) is 16.7. The van der Waals surface area contributed by atoms with Gasteiger partial charge in [0.2, 0.25) is 0 Å². The molecular formula is C30H31N5O3. The van der Waals surface area contributed by atoms with Crippen molar-refractivity contribution in [1.82, 2.24) is 24.5 Å². The minimum Gasteiger partial charge on any atom is -0.386 e. The molecule has 2 aromatic carbocycles. The summed E-state index contributed by atoms with van der Waals surface area (Å²) in [5.74, 6) is 0.350. The van der Waals surface area contributed by atoms with Gasteiger partial charge in [0.15, 0.2) is 12.0 Å². The second-order valence-electron chi connectivity index (χ2n) is 10.6. The Bertz CT molecular complexity index is 1630. The summed E-state index contributed by atoms with van der Waals surface area (Å²) in [5.41, 5.74) is 5.61. The fourth-order valence-electron chi connectivity index (χ4n) is 5.82. The van der Waals surface area contributed by atoms with Gasteiger partial charge in [0, 0.05) is 37.4 Å². The van der Waals surface area contributed by atoms with Gasteiger partial charge in [0.25, 0.3) is 0 Å². The lowest BCUT2D eigenvalue weighted by Crippen LogP contribution is -2.27. The molecule has 0 radical (unpaired) electrons. The molecular weight excluding hydrogens is 478 g/mol. The molecule has 1 unspecified atom stereocenters. The number of aromatic nitrogens is 5. The van der Waals surface area contributed by atoms with E-state index in [4.69, 9.17) is 9.72 Å². The van der Waals surface area contributed by atoms with Gasteiger partial charge in [-0.05, 0) is 55.9 Å². The largest absolute Gasteiger partial charge is 0.386 e. The Morgan fingerprint density at radius 2 is 1.84 bits per heavy atom. The Morgan fingerprint density at radius 3 is 2.55 bits per heavy atom. The Labute approximate surface area is 220 Å². The van der Waals surface area contributed by atoms with E-state index in [1.807, 2.05) is 12.1 Å². The molecule has 6 rings (SSSR count). The highest BCUT2D eigenvalue weighted by atomic mass is 16.5. The van der Waals surface area contributed by atoms with Crippen LogP contribution in [0.4, 0.5) is 0 Å². The molecule has 194 valence electrons. The van der Waals surface area contributed by atoms with Crippen LogP contribution in [0.2, 0.25) is 0 Å². The highest BCUT2D eigenvalue weighted by molar-refractivity contribution is 6.07. The van der Waals surface area contributed by atoms with Gasteiger partial charge in [0.1, 0.15) is 5.69 Å². The molecule has 8 nitrogen and oxygen atoms in total. The number of aliphatic hydroxyl groups is 1. The van der Waals surface area contributed by atoms with Crippen LogP contribution < -0.4 is 0 Å². The number of fused-ring (bicyclic) bond motifs is 3.